The number of ether oxygens (including phenoxy) is 1. The Bertz CT molecular complexity index is 385. The maximum absolute atomic E-state index is 13.5. The van der Waals surface area contributed by atoms with Crippen molar-refractivity contribution in [2.24, 2.45) is 0 Å². The van der Waals surface area contributed by atoms with Crippen LogP contribution in [0.4, 0.5) is 10.1 Å². The maximum Gasteiger partial charge on any atom is 0.178 e. The Morgan fingerprint density at radius 3 is 2.87 bits per heavy atom. The minimum absolute atomic E-state index is 0.144. The summed E-state index contributed by atoms with van der Waals surface area (Å²) in [4.78, 5) is 0. The molecule has 0 aromatic heterocycles. The van der Waals surface area contributed by atoms with E-state index in [1.165, 1.54) is 18.9 Å². The highest BCUT2D eigenvalue weighted by Gasteiger charge is 2.39. The van der Waals surface area contributed by atoms with Gasteiger partial charge in [0, 0.05) is 0 Å². The SMILES string of the molecule is Fc1cccc2c1OC1(CCCC1)CN2. The molecule has 3 rings (SSSR count). The van der Waals surface area contributed by atoms with Crippen LogP contribution in [-0.2, 0) is 0 Å². The molecule has 1 aliphatic carbocycles. The van der Waals surface area contributed by atoms with Crippen LogP contribution >= 0.6 is 0 Å². The molecule has 0 atom stereocenters. The Morgan fingerprint density at radius 2 is 2.07 bits per heavy atom. The number of fused-ring (bicyclic) bond motifs is 1. The average Bonchev–Trinajstić information content (AvgIpc) is 2.68. The van der Waals surface area contributed by atoms with Crippen LogP contribution in [0.25, 0.3) is 0 Å². The van der Waals surface area contributed by atoms with Crippen molar-refractivity contribution in [2.75, 3.05) is 11.9 Å². The number of para-hydroxylation sites is 1. The highest BCUT2D eigenvalue weighted by atomic mass is 19.1. The summed E-state index contributed by atoms with van der Waals surface area (Å²) < 4.78 is 19.4. The topological polar surface area (TPSA) is 21.3 Å². The molecule has 0 bridgehead atoms. The summed E-state index contributed by atoms with van der Waals surface area (Å²) in [7, 11) is 0. The summed E-state index contributed by atoms with van der Waals surface area (Å²) >= 11 is 0. The number of nitrogens with one attached hydrogen (secondary N) is 1. The Hall–Kier alpha value is -1.25. The van der Waals surface area contributed by atoms with Crippen molar-refractivity contribution in [1.82, 2.24) is 0 Å². The predicted molar refractivity (Wildman–Crippen MR) is 56.7 cm³/mol. The molecule has 0 unspecified atom stereocenters. The van der Waals surface area contributed by atoms with Crippen molar-refractivity contribution in [2.45, 2.75) is 31.3 Å². The lowest BCUT2D eigenvalue weighted by molar-refractivity contribution is 0.0777. The van der Waals surface area contributed by atoms with E-state index in [2.05, 4.69) is 5.32 Å². The van der Waals surface area contributed by atoms with Gasteiger partial charge in [-0.15, -0.1) is 0 Å². The fourth-order valence-electron chi connectivity index (χ4n) is 2.56. The Kier molecular flexibility index (Phi) is 1.87. The van der Waals surface area contributed by atoms with Crippen LogP contribution in [0.5, 0.6) is 5.75 Å². The molecule has 1 aliphatic heterocycles. The zero-order valence-electron chi connectivity index (χ0n) is 8.55. The van der Waals surface area contributed by atoms with Crippen LogP contribution in [0.3, 0.4) is 0 Å². The molecule has 2 aliphatic rings. The summed E-state index contributed by atoms with van der Waals surface area (Å²) in [6.45, 7) is 0.809. The first-order valence-corrected chi connectivity index (χ1v) is 5.51. The van der Waals surface area contributed by atoms with Gasteiger partial charge in [0.2, 0.25) is 0 Å². The fourth-order valence-corrected chi connectivity index (χ4v) is 2.56. The molecular formula is C12H14FNO. The zero-order chi connectivity index (χ0) is 10.3. The van der Waals surface area contributed by atoms with Crippen LogP contribution in [0.2, 0.25) is 0 Å². The summed E-state index contributed by atoms with van der Waals surface area (Å²) in [6.07, 6.45) is 4.44. The van der Waals surface area contributed by atoms with Gasteiger partial charge in [-0.25, -0.2) is 4.39 Å². The van der Waals surface area contributed by atoms with Crippen LogP contribution < -0.4 is 10.1 Å². The Labute approximate surface area is 88.4 Å². The number of hydrogen-bond donors (Lipinski definition) is 1. The molecule has 15 heavy (non-hydrogen) atoms. The lowest BCUT2D eigenvalue weighted by atomic mass is 10.00. The third-order valence-electron chi connectivity index (χ3n) is 3.40. The Balaban J connectivity index is 1.98. The maximum atomic E-state index is 13.5. The first-order valence-electron chi connectivity index (χ1n) is 5.51. The van der Waals surface area contributed by atoms with Crippen molar-refractivity contribution in [1.29, 1.82) is 0 Å². The quantitative estimate of drug-likeness (QED) is 0.706. The lowest BCUT2D eigenvalue weighted by Gasteiger charge is -2.36. The van der Waals surface area contributed by atoms with Crippen molar-refractivity contribution in [3.63, 3.8) is 0 Å². The molecule has 1 spiro atoms. The van der Waals surface area contributed by atoms with Crippen LogP contribution in [0, 0.1) is 5.82 Å². The van der Waals surface area contributed by atoms with E-state index >= 15 is 0 Å². The number of halogens is 1. The predicted octanol–water partition coefficient (Wildman–Crippen LogP) is 2.94. The number of hydrogen-bond acceptors (Lipinski definition) is 2. The molecule has 80 valence electrons. The molecule has 3 heteroatoms. The van der Waals surface area contributed by atoms with E-state index in [-0.39, 0.29) is 11.4 Å². The van der Waals surface area contributed by atoms with Gasteiger partial charge >= 0.3 is 0 Å². The first-order chi connectivity index (χ1) is 7.29. The molecule has 0 amide bonds. The molecule has 1 saturated carbocycles. The Morgan fingerprint density at radius 1 is 1.27 bits per heavy atom. The van der Waals surface area contributed by atoms with Gasteiger partial charge in [-0.2, -0.15) is 0 Å². The summed E-state index contributed by atoms with van der Waals surface area (Å²) in [6, 6.07) is 5.02. The van der Waals surface area contributed by atoms with Gasteiger partial charge in [-0.1, -0.05) is 6.07 Å². The van der Waals surface area contributed by atoms with Gasteiger partial charge in [-0.3, -0.25) is 0 Å². The first kappa shape index (κ1) is 9.01. The molecule has 1 aromatic rings. The zero-order valence-corrected chi connectivity index (χ0v) is 8.55. The molecule has 1 N–H and O–H groups in total. The van der Waals surface area contributed by atoms with E-state index in [0.717, 1.165) is 25.1 Å². The van der Waals surface area contributed by atoms with Gasteiger partial charge in [-0.05, 0) is 37.8 Å². The van der Waals surface area contributed by atoms with Gasteiger partial charge in [0.15, 0.2) is 11.6 Å². The summed E-state index contributed by atoms with van der Waals surface area (Å²) in [5, 5.41) is 3.27. The monoisotopic (exact) mass is 207 g/mol. The van der Waals surface area contributed by atoms with E-state index < -0.39 is 0 Å². The minimum atomic E-state index is -0.258. The van der Waals surface area contributed by atoms with E-state index in [4.69, 9.17) is 4.74 Å². The second-order valence-electron chi connectivity index (χ2n) is 4.46. The molecule has 2 nitrogen and oxygen atoms in total. The standard InChI is InChI=1S/C12H14FNO/c13-9-4-3-5-10-11(9)15-12(8-14-10)6-1-2-7-12/h3-5,14H,1-2,6-8H2. The van der Waals surface area contributed by atoms with E-state index in [1.54, 1.807) is 6.07 Å². The van der Waals surface area contributed by atoms with Gasteiger partial charge in [0.05, 0.1) is 12.2 Å². The van der Waals surface area contributed by atoms with E-state index in [9.17, 15) is 4.39 Å². The van der Waals surface area contributed by atoms with Crippen molar-refractivity contribution < 1.29 is 9.13 Å². The lowest BCUT2D eigenvalue weighted by Crippen LogP contribution is -2.43. The van der Waals surface area contributed by atoms with Crippen molar-refractivity contribution in [3.8, 4) is 5.75 Å². The molecular weight excluding hydrogens is 193 g/mol. The smallest absolute Gasteiger partial charge is 0.178 e. The second kappa shape index (κ2) is 3.12. The molecule has 0 saturated heterocycles. The average molecular weight is 207 g/mol. The fraction of sp³-hybridized carbons (Fsp3) is 0.500. The third-order valence-corrected chi connectivity index (χ3v) is 3.40. The minimum Gasteiger partial charge on any atom is -0.480 e. The number of rotatable bonds is 0. The molecule has 1 fully saturated rings. The molecule has 1 aromatic carbocycles. The number of anilines is 1. The highest BCUT2D eigenvalue weighted by Crippen LogP contribution is 2.42. The van der Waals surface area contributed by atoms with Crippen LogP contribution in [0.1, 0.15) is 25.7 Å². The number of benzene rings is 1. The largest absolute Gasteiger partial charge is 0.480 e. The van der Waals surface area contributed by atoms with E-state index in [0.29, 0.717) is 5.75 Å². The van der Waals surface area contributed by atoms with Crippen LogP contribution in [-0.4, -0.2) is 12.1 Å². The van der Waals surface area contributed by atoms with Gasteiger partial charge in [0.25, 0.3) is 0 Å². The van der Waals surface area contributed by atoms with Gasteiger partial charge < -0.3 is 10.1 Å². The van der Waals surface area contributed by atoms with Gasteiger partial charge in [0.1, 0.15) is 5.60 Å². The third kappa shape index (κ3) is 1.37. The summed E-state index contributed by atoms with van der Waals surface area (Å²) in [5.41, 5.74) is 0.641. The normalized spacial score (nSPS) is 21.9. The van der Waals surface area contributed by atoms with Crippen LogP contribution in [0.15, 0.2) is 18.2 Å². The second-order valence-corrected chi connectivity index (χ2v) is 4.46. The highest BCUT2D eigenvalue weighted by molar-refractivity contribution is 5.59. The molecule has 1 heterocycles. The summed E-state index contributed by atoms with van der Waals surface area (Å²) in [5.74, 6) is 0.150. The van der Waals surface area contributed by atoms with Crippen molar-refractivity contribution >= 4 is 5.69 Å². The molecule has 0 radical (unpaired) electrons. The van der Waals surface area contributed by atoms with Crippen molar-refractivity contribution in [3.05, 3.63) is 24.0 Å². The van der Waals surface area contributed by atoms with E-state index in [1.807, 2.05) is 6.07 Å².